The average Bonchev–Trinajstić information content (AvgIpc) is 2.51. The predicted molar refractivity (Wildman–Crippen MR) is 64.4 cm³/mol. The van der Waals surface area contributed by atoms with E-state index in [4.69, 9.17) is 0 Å². The third-order valence-electron chi connectivity index (χ3n) is 3.68. The summed E-state index contributed by atoms with van der Waals surface area (Å²) in [5, 5.41) is 0. The van der Waals surface area contributed by atoms with Crippen molar-refractivity contribution in [1.82, 2.24) is 9.97 Å². The van der Waals surface area contributed by atoms with Gasteiger partial charge in [-0.15, -0.1) is 0 Å². The molecule has 2 unspecified atom stereocenters. The fourth-order valence-electron chi connectivity index (χ4n) is 3.00. The van der Waals surface area contributed by atoms with E-state index in [0.29, 0.717) is 12.1 Å². The van der Waals surface area contributed by atoms with Crippen molar-refractivity contribution < 1.29 is 0 Å². The van der Waals surface area contributed by atoms with Crippen LogP contribution in [0.15, 0.2) is 24.4 Å². The smallest absolute Gasteiger partial charge is 0.226 e. The lowest BCUT2D eigenvalue weighted by atomic mass is 9.99. The molecule has 2 bridgehead atoms. The number of nitrogens with zero attached hydrogens (tertiary/aromatic N) is 3. The summed E-state index contributed by atoms with van der Waals surface area (Å²) >= 11 is 0. The largest absolute Gasteiger partial charge is 0.334 e. The summed E-state index contributed by atoms with van der Waals surface area (Å²) in [5.74, 6) is 0.917. The Labute approximate surface area is 96.2 Å². The molecule has 0 amide bonds. The van der Waals surface area contributed by atoms with E-state index in [9.17, 15) is 0 Å². The molecule has 2 aliphatic heterocycles. The van der Waals surface area contributed by atoms with Gasteiger partial charge in [-0.3, -0.25) is 0 Å². The maximum Gasteiger partial charge on any atom is 0.226 e. The molecule has 16 heavy (non-hydrogen) atoms. The van der Waals surface area contributed by atoms with Gasteiger partial charge in [0.1, 0.15) is 0 Å². The van der Waals surface area contributed by atoms with Gasteiger partial charge in [-0.05, 0) is 38.7 Å². The van der Waals surface area contributed by atoms with Gasteiger partial charge in [-0.1, -0.05) is 12.2 Å². The molecular formula is C13H17N3. The molecule has 1 aromatic rings. The van der Waals surface area contributed by atoms with Crippen LogP contribution in [0.2, 0.25) is 0 Å². The minimum Gasteiger partial charge on any atom is -0.334 e. The molecule has 0 aromatic carbocycles. The highest BCUT2D eigenvalue weighted by Gasteiger charge is 2.39. The second kappa shape index (κ2) is 3.58. The summed E-state index contributed by atoms with van der Waals surface area (Å²) in [4.78, 5) is 11.4. The Kier molecular flexibility index (Phi) is 2.20. The van der Waals surface area contributed by atoms with Crippen LogP contribution in [0.3, 0.4) is 0 Å². The molecule has 0 radical (unpaired) electrons. The maximum atomic E-state index is 4.55. The van der Waals surface area contributed by atoms with Gasteiger partial charge in [0.25, 0.3) is 0 Å². The molecule has 2 fully saturated rings. The van der Waals surface area contributed by atoms with E-state index in [1.807, 2.05) is 19.2 Å². The minimum atomic E-state index is 0.591. The fraction of sp³-hybridized carbons (Fsp3) is 0.538. The van der Waals surface area contributed by atoms with Crippen LogP contribution in [-0.2, 0) is 0 Å². The fourth-order valence-corrected chi connectivity index (χ4v) is 3.00. The first kappa shape index (κ1) is 9.82. The van der Waals surface area contributed by atoms with Crippen LogP contribution in [-0.4, -0.2) is 22.1 Å². The molecule has 3 rings (SSSR count). The summed E-state index contributed by atoms with van der Waals surface area (Å²) in [6.45, 7) is 6.16. The van der Waals surface area contributed by atoms with Crippen molar-refractivity contribution in [1.29, 1.82) is 0 Å². The second-order valence-electron chi connectivity index (χ2n) is 4.95. The number of anilines is 1. The highest BCUT2D eigenvalue weighted by molar-refractivity contribution is 5.40. The van der Waals surface area contributed by atoms with Gasteiger partial charge in [0, 0.05) is 24.0 Å². The van der Waals surface area contributed by atoms with Crippen molar-refractivity contribution in [2.75, 3.05) is 4.90 Å². The third-order valence-corrected chi connectivity index (χ3v) is 3.68. The topological polar surface area (TPSA) is 29.0 Å². The van der Waals surface area contributed by atoms with E-state index in [0.717, 1.165) is 24.5 Å². The Hall–Kier alpha value is -1.38. The maximum absolute atomic E-state index is 4.55. The third kappa shape index (κ3) is 1.51. The molecule has 1 aromatic heterocycles. The Morgan fingerprint density at radius 2 is 2.00 bits per heavy atom. The molecule has 2 aliphatic rings. The summed E-state index contributed by atoms with van der Waals surface area (Å²) in [6.07, 6.45) is 6.63. The van der Waals surface area contributed by atoms with Crippen molar-refractivity contribution >= 4 is 5.95 Å². The number of hydrogen-bond acceptors (Lipinski definition) is 3. The Morgan fingerprint density at radius 1 is 1.31 bits per heavy atom. The molecular weight excluding hydrogens is 198 g/mol. The van der Waals surface area contributed by atoms with Gasteiger partial charge < -0.3 is 4.90 Å². The molecule has 0 spiro atoms. The number of fused-ring (bicyclic) bond motifs is 2. The summed E-state index contributed by atoms with van der Waals surface area (Å²) in [6, 6.07) is 3.13. The normalized spacial score (nSPS) is 28.6. The van der Waals surface area contributed by atoms with Gasteiger partial charge in [0.2, 0.25) is 5.95 Å². The van der Waals surface area contributed by atoms with Crippen LogP contribution in [0.4, 0.5) is 5.95 Å². The van der Waals surface area contributed by atoms with Crippen molar-refractivity contribution in [2.24, 2.45) is 0 Å². The highest BCUT2D eigenvalue weighted by atomic mass is 15.3. The lowest BCUT2D eigenvalue weighted by Gasteiger charge is -2.35. The van der Waals surface area contributed by atoms with Gasteiger partial charge >= 0.3 is 0 Å². The first-order valence-electron chi connectivity index (χ1n) is 5.98. The number of hydrogen-bond donors (Lipinski definition) is 0. The van der Waals surface area contributed by atoms with E-state index < -0.39 is 0 Å². The average molecular weight is 215 g/mol. The van der Waals surface area contributed by atoms with Gasteiger partial charge in [-0.25, -0.2) is 9.97 Å². The van der Waals surface area contributed by atoms with Crippen LogP contribution >= 0.6 is 0 Å². The lowest BCUT2D eigenvalue weighted by Crippen LogP contribution is -2.41. The SMILES string of the molecule is C=C1CC2CCC(C1)N2c1nccc(C)n1. The number of aryl methyl sites for hydroxylation is 1. The summed E-state index contributed by atoms with van der Waals surface area (Å²) in [7, 11) is 0. The zero-order valence-corrected chi connectivity index (χ0v) is 9.69. The van der Waals surface area contributed by atoms with Crippen molar-refractivity contribution in [3.05, 3.63) is 30.1 Å². The van der Waals surface area contributed by atoms with Gasteiger partial charge in [-0.2, -0.15) is 0 Å². The molecule has 2 saturated heterocycles. The minimum absolute atomic E-state index is 0.591. The zero-order valence-electron chi connectivity index (χ0n) is 9.69. The molecule has 84 valence electrons. The standard InChI is InChI=1S/C13H17N3/c1-9-7-11-3-4-12(8-9)16(11)13-14-6-5-10(2)15-13/h5-6,11-12H,1,3-4,7-8H2,2H3. The Balaban J connectivity index is 1.94. The molecule has 0 saturated carbocycles. The van der Waals surface area contributed by atoms with E-state index in [-0.39, 0.29) is 0 Å². The van der Waals surface area contributed by atoms with Crippen molar-refractivity contribution in [2.45, 2.75) is 44.7 Å². The Bertz CT molecular complexity index is 411. The quantitative estimate of drug-likeness (QED) is 0.674. The molecule has 2 atom stereocenters. The van der Waals surface area contributed by atoms with Gasteiger partial charge in [0.15, 0.2) is 0 Å². The molecule has 0 N–H and O–H groups in total. The summed E-state index contributed by atoms with van der Waals surface area (Å²) in [5.41, 5.74) is 2.45. The van der Waals surface area contributed by atoms with Crippen LogP contribution in [0.1, 0.15) is 31.4 Å². The summed E-state index contributed by atoms with van der Waals surface area (Å²) < 4.78 is 0. The first-order valence-corrected chi connectivity index (χ1v) is 5.98. The van der Waals surface area contributed by atoms with Crippen LogP contribution in [0, 0.1) is 6.92 Å². The van der Waals surface area contributed by atoms with E-state index in [1.165, 1.54) is 18.4 Å². The van der Waals surface area contributed by atoms with Crippen LogP contribution < -0.4 is 4.90 Å². The predicted octanol–water partition coefficient (Wildman–Crippen LogP) is 2.47. The lowest BCUT2D eigenvalue weighted by molar-refractivity contribution is 0.539. The molecule has 3 heteroatoms. The second-order valence-corrected chi connectivity index (χ2v) is 4.95. The van der Waals surface area contributed by atoms with Crippen LogP contribution in [0.25, 0.3) is 0 Å². The van der Waals surface area contributed by atoms with E-state index in [2.05, 4.69) is 21.4 Å². The van der Waals surface area contributed by atoms with Crippen LogP contribution in [0.5, 0.6) is 0 Å². The number of aromatic nitrogens is 2. The monoisotopic (exact) mass is 215 g/mol. The molecule has 0 aliphatic carbocycles. The van der Waals surface area contributed by atoms with Crippen molar-refractivity contribution in [3.8, 4) is 0 Å². The number of piperidine rings is 1. The molecule has 3 nitrogen and oxygen atoms in total. The molecule has 3 heterocycles. The van der Waals surface area contributed by atoms with Gasteiger partial charge in [0.05, 0.1) is 0 Å². The van der Waals surface area contributed by atoms with E-state index >= 15 is 0 Å². The van der Waals surface area contributed by atoms with Crippen molar-refractivity contribution in [3.63, 3.8) is 0 Å². The number of rotatable bonds is 1. The Morgan fingerprint density at radius 3 is 2.62 bits per heavy atom. The first-order chi connectivity index (χ1) is 7.74. The van der Waals surface area contributed by atoms with E-state index in [1.54, 1.807) is 0 Å². The zero-order chi connectivity index (χ0) is 11.1. The highest BCUT2D eigenvalue weighted by Crippen LogP contribution is 2.39.